The third-order valence-electron chi connectivity index (χ3n) is 4.04. The van der Waals surface area contributed by atoms with Crippen LogP contribution < -0.4 is 5.32 Å². The van der Waals surface area contributed by atoms with Gasteiger partial charge < -0.3 is 10.1 Å². The molecule has 0 atom stereocenters. The minimum absolute atomic E-state index is 0.184. The van der Waals surface area contributed by atoms with E-state index in [1.54, 1.807) is 0 Å². The average Bonchev–Trinajstić information content (AvgIpc) is 2.60. The van der Waals surface area contributed by atoms with E-state index in [0.29, 0.717) is 0 Å². The van der Waals surface area contributed by atoms with Crippen LogP contribution in [0.2, 0.25) is 0 Å². The number of sulfonamides is 1. The molecule has 12 heteroatoms. The Kier molecular flexibility index (Phi) is 6.44. The molecular weight excluding hydrogens is 385 g/mol. The number of carbonyl (C=O) groups excluding carboxylic acids is 2. The summed E-state index contributed by atoms with van der Waals surface area (Å²) in [5.74, 6) is -2.91. The summed E-state index contributed by atoms with van der Waals surface area (Å²) in [6.07, 6.45) is 1.63. The SMILES string of the molecule is CS(=O)(=O)N1CCC(C(=O)OCC(=O)Nc2cc([N+](=O)[O-])ccc2F)CC1. The summed E-state index contributed by atoms with van der Waals surface area (Å²) >= 11 is 0. The minimum Gasteiger partial charge on any atom is -0.455 e. The van der Waals surface area contributed by atoms with Crippen LogP contribution in [0, 0.1) is 21.8 Å². The van der Waals surface area contributed by atoms with Crippen LogP contribution in [-0.2, 0) is 24.3 Å². The molecule has 1 aromatic rings. The fraction of sp³-hybridized carbons (Fsp3) is 0.467. The predicted octanol–water partition coefficient (Wildman–Crippen LogP) is 0.887. The van der Waals surface area contributed by atoms with Crippen molar-refractivity contribution in [3.05, 3.63) is 34.1 Å². The Morgan fingerprint density at radius 3 is 2.56 bits per heavy atom. The Bertz CT molecular complexity index is 851. The number of nitro groups is 1. The number of halogens is 1. The Labute approximate surface area is 154 Å². The number of nitrogens with zero attached hydrogens (tertiary/aromatic N) is 2. The number of amides is 1. The average molecular weight is 403 g/mol. The third kappa shape index (κ3) is 5.69. The smallest absolute Gasteiger partial charge is 0.309 e. The summed E-state index contributed by atoms with van der Waals surface area (Å²) < 4.78 is 42.6. The number of hydrogen-bond acceptors (Lipinski definition) is 7. The molecular formula is C15H18FN3O7S. The fourth-order valence-corrected chi connectivity index (χ4v) is 3.46. The summed E-state index contributed by atoms with van der Waals surface area (Å²) in [7, 11) is -3.32. The number of hydrogen-bond donors (Lipinski definition) is 1. The molecule has 0 unspecified atom stereocenters. The molecule has 1 N–H and O–H groups in total. The molecule has 0 spiro atoms. The van der Waals surface area contributed by atoms with Gasteiger partial charge in [0.15, 0.2) is 6.61 Å². The Morgan fingerprint density at radius 1 is 1.37 bits per heavy atom. The summed E-state index contributed by atoms with van der Waals surface area (Å²) in [5.41, 5.74) is -0.798. The predicted molar refractivity (Wildman–Crippen MR) is 91.8 cm³/mol. The maximum atomic E-state index is 13.6. The van der Waals surface area contributed by atoms with Crippen molar-refractivity contribution in [3.8, 4) is 0 Å². The largest absolute Gasteiger partial charge is 0.455 e. The van der Waals surface area contributed by atoms with Crippen molar-refractivity contribution < 1.29 is 32.1 Å². The monoisotopic (exact) mass is 403 g/mol. The molecule has 1 heterocycles. The Hall–Kier alpha value is -2.60. The molecule has 0 saturated carbocycles. The molecule has 1 saturated heterocycles. The van der Waals surface area contributed by atoms with Crippen molar-refractivity contribution in [2.45, 2.75) is 12.8 Å². The molecule has 2 rings (SSSR count). The van der Waals surface area contributed by atoms with Crippen LogP contribution in [0.4, 0.5) is 15.8 Å². The third-order valence-corrected chi connectivity index (χ3v) is 5.34. The van der Waals surface area contributed by atoms with E-state index in [0.717, 1.165) is 24.5 Å². The number of nitrogens with one attached hydrogen (secondary N) is 1. The lowest BCUT2D eigenvalue weighted by Crippen LogP contribution is -2.40. The van der Waals surface area contributed by atoms with Gasteiger partial charge in [-0.1, -0.05) is 0 Å². The summed E-state index contributed by atoms with van der Waals surface area (Å²) in [6.45, 7) is -0.319. The molecule has 148 valence electrons. The lowest BCUT2D eigenvalue weighted by molar-refractivity contribution is -0.384. The van der Waals surface area contributed by atoms with E-state index in [-0.39, 0.29) is 25.9 Å². The van der Waals surface area contributed by atoms with Gasteiger partial charge in [-0.05, 0) is 18.9 Å². The van der Waals surface area contributed by atoms with Gasteiger partial charge in [-0.15, -0.1) is 0 Å². The van der Waals surface area contributed by atoms with E-state index in [1.165, 1.54) is 4.31 Å². The minimum atomic E-state index is -3.32. The lowest BCUT2D eigenvalue weighted by Gasteiger charge is -2.28. The van der Waals surface area contributed by atoms with E-state index in [2.05, 4.69) is 5.32 Å². The van der Waals surface area contributed by atoms with Crippen molar-refractivity contribution in [1.82, 2.24) is 4.31 Å². The number of carbonyl (C=O) groups is 2. The van der Waals surface area contributed by atoms with Gasteiger partial charge in [0.1, 0.15) is 5.82 Å². The molecule has 1 fully saturated rings. The van der Waals surface area contributed by atoms with Crippen molar-refractivity contribution in [2.75, 3.05) is 31.3 Å². The highest BCUT2D eigenvalue weighted by atomic mass is 32.2. The zero-order chi connectivity index (χ0) is 20.2. The van der Waals surface area contributed by atoms with E-state index >= 15 is 0 Å². The molecule has 1 aromatic carbocycles. The van der Waals surface area contributed by atoms with Gasteiger partial charge in [-0.2, -0.15) is 0 Å². The summed E-state index contributed by atoms with van der Waals surface area (Å²) in [4.78, 5) is 33.7. The van der Waals surface area contributed by atoms with Crippen LogP contribution in [-0.4, -0.2) is 55.5 Å². The second-order valence-corrected chi connectivity index (χ2v) is 8.00. The molecule has 0 aliphatic carbocycles. The fourth-order valence-electron chi connectivity index (χ4n) is 2.59. The molecule has 0 radical (unpaired) electrons. The zero-order valence-corrected chi connectivity index (χ0v) is 15.2. The highest BCUT2D eigenvalue weighted by Gasteiger charge is 2.30. The molecule has 0 aromatic heterocycles. The highest BCUT2D eigenvalue weighted by molar-refractivity contribution is 7.88. The first-order valence-electron chi connectivity index (χ1n) is 7.93. The van der Waals surface area contributed by atoms with Gasteiger partial charge in [-0.25, -0.2) is 17.1 Å². The van der Waals surface area contributed by atoms with Gasteiger partial charge in [0.25, 0.3) is 11.6 Å². The second-order valence-electron chi connectivity index (χ2n) is 6.01. The van der Waals surface area contributed by atoms with Crippen LogP contribution >= 0.6 is 0 Å². The van der Waals surface area contributed by atoms with Gasteiger partial charge in [0.2, 0.25) is 10.0 Å². The summed E-state index contributed by atoms with van der Waals surface area (Å²) in [5, 5.41) is 12.8. The molecule has 1 aliphatic rings. The summed E-state index contributed by atoms with van der Waals surface area (Å²) in [6, 6.07) is 2.65. The zero-order valence-electron chi connectivity index (χ0n) is 14.4. The van der Waals surface area contributed by atoms with Crippen molar-refractivity contribution in [1.29, 1.82) is 0 Å². The quantitative estimate of drug-likeness (QED) is 0.423. The number of non-ortho nitro benzene ring substituents is 1. The number of piperidine rings is 1. The number of esters is 1. The normalized spacial score (nSPS) is 15.9. The van der Waals surface area contributed by atoms with Gasteiger partial charge >= 0.3 is 5.97 Å². The van der Waals surface area contributed by atoms with Crippen LogP contribution in [0.25, 0.3) is 0 Å². The maximum Gasteiger partial charge on any atom is 0.309 e. The van der Waals surface area contributed by atoms with Gasteiger partial charge in [0.05, 0.1) is 22.8 Å². The van der Waals surface area contributed by atoms with Crippen molar-refractivity contribution in [2.24, 2.45) is 5.92 Å². The number of anilines is 1. The van der Waals surface area contributed by atoms with Crippen LogP contribution in [0.1, 0.15) is 12.8 Å². The van der Waals surface area contributed by atoms with Crippen molar-refractivity contribution in [3.63, 3.8) is 0 Å². The van der Waals surface area contributed by atoms with E-state index in [1.807, 2.05) is 0 Å². The number of ether oxygens (including phenoxy) is 1. The molecule has 0 bridgehead atoms. The maximum absolute atomic E-state index is 13.6. The van der Waals surface area contributed by atoms with Crippen LogP contribution in [0.5, 0.6) is 0 Å². The first-order chi connectivity index (χ1) is 12.6. The van der Waals surface area contributed by atoms with E-state index in [4.69, 9.17) is 4.74 Å². The number of benzene rings is 1. The van der Waals surface area contributed by atoms with E-state index < -0.39 is 56.5 Å². The second kappa shape index (κ2) is 8.39. The van der Waals surface area contributed by atoms with Gasteiger partial charge in [0, 0.05) is 25.2 Å². The molecule has 1 amide bonds. The molecule has 1 aliphatic heterocycles. The molecule has 10 nitrogen and oxygen atoms in total. The van der Waals surface area contributed by atoms with Crippen LogP contribution in [0.3, 0.4) is 0 Å². The Morgan fingerprint density at radius 2 is 2.00 bits per heavy atom. The van der Waals surface area contributed by atoms with Crippen LogP contribution in [0.15, 0.2) is 18.2 Å². The molecule has 27 heavy (non-hydrogen) atoms. The first kappa shape index (κ1) is 20.7. The Balaban J connectivity index is 1.85. The highest BCUT2D eigenvalue weighted by Crippen LogP contribution is 2.22. The topological polar surface area (TPSA) is 136 Å². The van der Waals surface area contributed by atoms with E-state index in [9.17, 15) is 32.5 Å². The number of nitro benzene ring substituents is 1. The number of rotatable bonds is 6. The van der Waals surface area contributed by atoms with Crippen molar-refractivity contribution >= 4 is 33.3 Å². The first-order valence-corrected chi connectivity index (χ1v) is 9.78. The lowest BCUT2D eigenvalue weighted by atomic mass is 9.98. The standard InChI is InChI=1S/C15H18FN3O7S/c1-27(24,25)18-6-4-10(5-7-18)15(21)26-9-14(20)17-13-8-11(19(22)23)2-3-12(13)16/h2-3,8,10H,4-7,9H2,1H3,(H,17,20). The van der Waals surface area contributed by atoms with Gasteiger partial charge in [-0.3, -0.25) is 19.7 Å².